The maximum absolute atomic E-state index is 14.1. The summed E-state index contributed by atoms with van der Waals surface area (Å²) in [5.41, 5.74) is -0.545. The number of aromatic nitrogens is 3. The molecule has 1 N–H and O–H groups in total. The maximum Gasteiger partial charge on any atom is 0.333 e. The molecule has 0 unspecified atom stereocenters. The van der Waals surface area contributed by atoms with Crippen LogP contribution in [0.1, 0.15) is 56.4 Å². The first-order chi connectivity index (χ1) is 19.1. The minimum absolute atomic E-state index is 0.0656. The minimum atomic E-state index is -1.79. The van der Waals surface area contributed by atoms with Crippen LogP contribution in [0.2, 0.25) is 0 Å². The van der Waals surface area contributed by atoms with E-state index in [0.29, 0.717) is 34.4 Å². The van der Waals surface area contributed by atoms with Crippen LogP contribution < -0.4 is 11.2 Å². The first-order valence-electron chi connectivity index (χ1n) is 13.4. The van der Waals surface area contributed by atoms with Gasteiger partial charge in [-0.15, -0.1) is 11.3 Å². The highest BCUT2D eigenvalue weighted by Gasteiger charge is 2.36. The fourth-order valence-corrected chi connectivity index (χ4v) is 6.47. The third-order valence-electron chi connectivity index (χ3n) is 7.58. The van der Waals surface area contributed by atoms with Gasteiger partial charge in [0, 0.05) is 13.2 Å². The SMILES string of the molecule is CCc1ccccc1[C@H](Cn1c(=O)n(C(C)(C)C(=O)O)c(=O)c2c(C)c(-c3ncco3)sc21)OC1CCOCC1. The number of carboxylic acids is 1. The maximum atomic E-state index is 14.1. The Bertz CT molecular complexity index is 1640. The summed E-state index contributed by atoms with van der Waals surface area (Å²) < 4.78 is 20.1. The molecule has 5 rings (SSSR count). The predicted molar refractivity (Wildman–Crippen MR) is 151 cm³/mol. The van der Waals surface area contributed by atoms with Crippen molar-refractivity contribution in [3.8, 4) is 10.8 Å². The first-order valence-corrected chi connectivity index (χ1v) is 14.2. The number of oxazole rings is 1. The lowest BCUT2D eigenvalue weighted by Gasteiger charge is -2.30. The van der Waals surface area contributed by atoms with Crippen molar-refractivity contribution in [2.45, 2.75) is 71.2 Å². The second-order valence-electron chi connectivity index (χ2n) is 10.5. The zero-order valence-electron chi connectivity index (χ0n) is 23.0. The van der Waals surface area contributed by atoms with Crippen molar-refractivity contribution in [3.63, 3.8) is 0 Å². The Hall–Kier alpha value is -3.54. The quantitative estimate of drug-likeness (QED) is 0.313. The van der Waals surface area contributed by atoms with E-state index in [4.69, 9.17) is 13.9 Å². The summed E-state index contributed by atoms with van der Waals surface area (Å²) in [7, 11) is 0. The molecule has 1 atom stereocenters. The van der Waals surface area contributed by atoms with Crippen molar-refractivity contribution >= 4 is 27.5 Å². The van der Waals surface area contributed by atoms with Gasteiger partial charge in [0.1, 0.15) is 22.7 Å². The summed E-state index contributed by atoms with van der Waals surface area (Å²) in [6.45, 7) is 7.81. The number of aryl methyl sites for hydroxylation is 2. The topological polar surface area (TPSA) is 126 Å². The molecule has 0 spiro atoms. The molecule has 3 aromatic heterocycles. The molecule has 4 heterocycles. The van der Waals surface area contributed by atoms with Crippen LogP contribution in [0.4, 0.5) is 0 Å². The number of fused-ring (bicyclic) bond motifs is 1. The molecular weight excluding hydrogens is 534 g/mol. The smallest absolute Gasteiger partial charge is 0.333 e. The molecule has 0 radical (unpaired) electrons. The number of hydrogen-bond acceptors (Lipinski definition) is 8. The number of nitrogens with zero attached hydrogens (tertiary/aromatic N) is 3. The van der Waals surface area contributed by atoms with E-state index < -0.39 is 28.9 Å². The summed E-state index contributed by atoms with van der Waals surface area (Å²) in [4.78, 5) is 45.5. The molecule has 11 heteroatoms. The molecule has 1 aliphatic rings. The van der Waals surface area contributed by atoms with Crippen molar-refractivity contribution in [2.24, 2.45) is 0 Å². The molecule has 1 fully saturated rings. The van der Waals surface area contributed by atoms with E-state index in [0.717, 1.165) is 35.0 Å². The van der Waals surface area contributed by atoms with Crippen LogP contribution in [0.5, 0.6) is 0 Å². The number of thiophene rings is 1. The van der Waals surface area contributed by atoms with E-state index in [1.807, 2.05) is 24.3 Å². The van der Waals surface area contributed by atoms with Crippen molar-refractivity contribution in [1.82, 2.24) is 14.1 Å². The lowest BCUT2D eigenvalue weighted by Crippen LogP contribution is -2.52. The second kappa shape index (κ2) is 11.1. The third-order valence-corrected chi connectivity index (χ3v) is 8.88. The lowest BCUT2D eigenvalue weighted by molar-refractivity contribution is -0.146. The molecule has 0 bridgehead atoms. The predicted octanol–water partition coefficient (Wildman–Crippen LogP) is 4.51. The van der Waals surface area contributed by atoms with Crippen LogP contribution in [0.3, 0.4) is 0 Å². The van der Waals surface area contributed by atoms with Crippen LogP contribution in [-0.4, -0.2) is 44.5 Å². The Labute approximate surface area is 234 Å². The van der Waals surface area contributed by atoms with E-state index in [1.165, 1.54) is 42.2 Å². The number of carbonyl (C=O) groups is 1. The van der Waals surface area contributed by atoms with Gasteiger partial charge in [-0.3, -0.25) is 9.36 Å². The molecule has 1 aliphatic heterocycles. The highest BCUT2D eigenvalue weighted by atomic mass is 32.1. The summed E-state index contributed by atoms with van der Waals surface area (Å²) in [5, 5.41) is 10.3. The Balaban J connectivity index is 1.76. The normalized spacial score (nSPS) is 15.5. The largest absolute Gasteiger partial charge is 0.480 e. The Morgan fingerprint density at radius 2 is 1.98 bits per heavy atom. The van der Waals surface area contributed by atoms with Crippen molar-refractivity contribution in [3.05, 3.63) is 74.3 Å². The van der Waals surface area contributed by atoms with Gasteiger partial charge in [0.15, 0.2) is 0 Å². The lowest BCUT2D eigenvalue weighted by atomic mass is 9.99. The molecular formula is C29H33N3O7S. The van der Waals surface area contributed by atoms with Gasteiger partial charge >= 0.3 is 11.7 Å². The van der Waals surface area contributed by atoms with Crippen molar-refractivity contribution < 1.29 is 23.8 Å². The van der Waals surface area contributed by atoms with E-state index in [-0.39, 0.29) is 18.0 Å². The summed E-state index contributed by atoms with van der Waals surface area (Å²) in [5.74, 6) is -0.961. The van der Waals surface area contributed by atoms with Gasteiger partial charge < -0.3 is 19.0 Å². The fraction of sp³-hybridized carbons (Fsp3) is 0.448. The van der Waals surface area contributed by atoms with Gasteiger partial charge in [-0.2, -0.15) is 0 Å². The van der Waals surface area contributed by atoms with Gasteiger partial charge in [0.2, 0.25) is 5.89 Å². The Kier molecular flexibility index (Phi) is 7.80. The zero-order valence-corrected chi connectivity index (χ0v) is 23.8. The molecule has 10 nitrogen and oxygen atoms in total. The second-order valence-corrected chi connectivity index (χ2v) is 11.5. The van der Waals surface area contributed by atoms with Crippen LogP contribution in [0.25, 0.3) is 21.0 Å². The summed E-state index contributed by atoms with van der Waals surface area (Å²) in [6, 6.07) is 7.95. The highest BCUT2D eigenvalue weighted by Crippen LogP contribution is 2.37. The number of ether oxygens (including phenoxy) is 2. The molecule has 0 amide bonds. The van der Waals surface area contributed by atoms with Gasteiger partial charge in [-0.05, 0) is 56.7 Å². The molecule has 1 aromatic carbocycles. The van der Waals surface area contributed by atoms with Gasteiger partial charge in [-0.25, -0.2) is 19.1 Å². The van der Waals surface area contributed by atoms with Crippen molar-refractivity contribution in [1.29, 1.82) is 0 Å². The number of hydrogen-bond donors (Lipinski definition) is 1. The molecule has 212 valence electrons. The monoisotopic (exact) mass is 567 g/mol. The van der Waals surface area contributed by atoms with E-state index in [9.17, 15) is 19.5 Å². The van der Waals surface area contributed by atoms with Crippen molar-refractivity contribution in [2.75, 3.05) is 13.2 Å². The standard InChI is InChI=1S/C29H33N3O7S/c1-5-18-8-6-7-9-20(18)21(39-19-10-13-37-14-11-19)16-31-26-22(17(2)23(40-26)24-30-12-15-38-24)25(33)32(28(31)36)29(3,4)27(34)35/h6-9,12,15,19,21H,5,10-11,13-14,16H2,1-4H3,(H,34,35)/t21-/m0/s1. The Morgan fingerprint density at radius 3 is 2.62 bits per heavy atom. The number of benzene rings is 1. The molecule has 1 saturated heterocycles. The zero-order chi connectivity index (χ0) is 28.6. The molecule has 0 aliphatic carbocycles. The minimum Gasteiger partial charge on any atom is -0.480 e. The van der Waals surface area contributed by atoms with Crippen LogP contribution in [0, 0.1) is 6.92 Å². The Morgan fingerprint density at radius 1 is 1.25 bits per heavy atom. The molecule has 4 aromatic rings. The van der Waals surface area contributed by atoms with Crippen LogP contribution >= 0.6 is 11.3 Å². The van der Waals surface area contributed by atoms with Gasteiger partial charge in [0.05, 0.1) is 29.1 Å². The summed E-state index contributed by atoms with van der Waals surface area (Å²) >= 11 is 1.23. The first kappa shape index (κ1) is 28.0. The molecule has 0 saturated carbocycles. The number of aliphatic carboxylic acids is 1. The van der Waals surface area contributed by atoms with Crippen LogP contribution in [0.15, 0.2) is 50.7 Å². The third kappa shape index (κ3) is 4.93. The fourth-order valence-electron chi connectivity index (χ4n) is 5.23. The number of carboxylic acid groups (broad SMARTS) is 1. The average molecular weight is 568 g/mol. The van der Waals surface area contributed by atoms with E-state index >= 15 is 0 Å². The highest BCUT2D eigenvalue weighted by molar-refractivity contribution is 7.22. The number of rotatable bonds is 9. The van der Waals surface area contributed by atoms with Crippen LogP contribution in [-0.2, 0) is 32.8 Å². The van der Waals surface area contributed by atoms with E-state index in [1.54, 1.807) is 6.92 Å². The van der Waals surface area contributed by atoms with E-state index in [2.05, 4.69) is 11.9 Å². The summed E-state index contributed by atoms with van der Waals surface area (Å²) in [6.07, 6.45) is 4.59. The van der Waals surface area contributed by atoms with Gasteiger partial charge in [0.25, 0.3) is 5.56 Å². The average Bonchev–Trinajstić information content (AvgIpc) is 3.59. The van der Waals surface area contributed by atoms with Gasteiger partial charge in [-0.1, -0.05) is 31.2 Å². The molecule has 40 heavy (non-hydrogen) atoms.